The molecule has 1 aliphatic heterocycles. The van der Waals surface area contributed by atoms with Crippen molar-refractivity contribution in [1.82, 2.24) is 4.57 Å². The molecule has 0 N–H and O–H groups in total. The van der Waals surface area contributed by atoms with Crippen LogP contribution in [-0.4, -0.2) is 22.9 Å². The van der Waals surface area contributed by atoms with Gasteiger partial charge in [-0.1, -0.05) is 60.7 Å². The second-order valence-corrected chi connectivity index (χ2v) is 10.4. The molecule has 0 radical (unpaired) electrons. The highest BCUT2D eigenvalue weighted by Crippen LogP contribution is 2.40. The number of benzene rings is 4. The van der Waals surface area contributed by atoms with Gasteiger partial charge in [0, 0.05) is 21.6 Å². The second kappa shape index (κ2) is 7.00. The summed E-state index contributed by atoms with van der Waals surface area (Å²) < 4.78 is 21.7. The summed E-state index contributed by atoms with van der Waals surface area (Å²) in [4.78, 5) is 0. The van der Waals surface area contributed by atoms with Crippen LogP contribution >= 0.6 is 0 Å². The van der Waals surface area contributed by atoms with Crippen molar-refractivity contribution in [2.75, 3.05) is 0 Å². The summed E-state index contributed by atoms with van der Waals surface area (Å²) in [7, 11) is -0.466. The van der Waals surface area contributed by atoms with Crippen LogP contribution in [0.1, 0.15) is 27.7 Å². The lowest BCUT2D eigenvalue weighted by Gasteiger charge is -2.32. The van der Waals surface area contributed by atoms with Gasteiger partial charge in [0.05, 0.1) is 33.3 Å². The molecule has 1 fully saturated rings. The predicted molar refractivity (Wildman–Crippen MR) is 144 cm³/mol. The van der Waals surface area contributed by atoms with E-state index in [-0.39, 0.29) is 0 Å². The number of rotatable bonds is 2. The van der Waals surface area contributed by atoms with Crippen LogP contribution in [0.2, 0.25) is 0 Å². The molecule has 0 atom stereocenters. The van der Waals surface area contributed by atoms with E-state index in [2.05, 4.69) is 99.0 Å². The first-order valence-corrected chi connectivity index (χ1v) is 12.1. The Kier molecular flexibility index (Phi) is 4.16. The fraction of sp³-hybridized carbons (Fsp3) is 0.200. The summed E-state index contributed by atoms with van der Waals surface area (Å²) in [5.41, 5.74) is 5.29. The summed E-state index contributed by atoms with van der Waals surface area (Å²) in [5.74, 6) is 0. The van der Waals surface area contributed by atoms with Gasteiger partial charge in [-0.2, -0.15) is 0 Å². The SMILES string of the molecule is CC1(C)OB(c2cccc3c4ccccc4n(-c4cccc5oc6ccccc6c45)c23)OC1(C)C. The quantitative estimate of drug-likeness (QED) is 0.262. The van der Waals surface area contributed by atoms with Gasteiger partial charge in [0.2, 0.25) is 0 Å². The zero-order chi connectivity index (χ0) is 23.9. The van der Waals surface area contributed by atoms with Gasteiger partial charge in [-0.15, -0.1) is 0 Å². The Morgan fingerprint density at radius 2 is 1.26 bits per heavy atom. The molecule has 3 heterocycles. The third-order valence-corrected chi connectivity index (χ3v) is 7.85. The Bertz CT molecular complexity index is 1760. The standard InChI is InChI=1S/C30H26BNO3/c1-29(2)30(3,4)35-31(34-29)22-14-9-13-20-19-11-5-7-15-23(19)32(28(20)22)24-16-10-18-26-27(24)21-12-6-8-17-25(21)33-26/h5-18H,1-4H3. The van der Waals surface area contributed by atoms with E-state index < -0.39 is 18.3 Å². The van der Waals surface area contributed by atoms with Crippen molar-refractivity contribution < 1.29 is 13.7 Å². The van der Waals surface area contributed by atoms with E-state index in [9.17, 15) is 0 Å². The topological polar surface area (TPSA) is 36.5 Å². The molecule has 0 amide bonds. The zero-order valence-corrected chi connectivity index (χ0v) is 20.3. The molecule has 4 nitrogen and oxygen atoms in total. The van der Waals surface area contributed by atoms with E-state index >= 15 is 0 Å². The number of fused-ring (bicyclic) bond motifs is 6. The largest absolute Gasteiger partial charge is 0.497 e. The number of para-hydroxylation sites is 3. The minimum absolute atomic E-state index is 0.419. The molecule has 2 aromatic heterocycles. The summed E-state index contributed by atoms with van der Waals surface area (Å²) in [6.07, 6.45) is 0. The molecule has 1 saturated heterocycles. The van der Waals surface area contributed by atoms with Crippen molar-refractivity contribution in [2.24, 2.45) is 0 Å². The molecule has 0 aliphatic carbocycles. The van der Waals surface area contributed by atoms with Gasteiger partial charge in [0.1, 0.15) is 11.2 Å². The lowest BCUT2D eigenvalue weighted by Crippen LogP contribution is -2.41. The molecule has 6 aromatic rings. The maximum atomic E-state index is 6.53. The molecule has 0 saturated carbocycles. The summed E-state index contributed by atoms with van der Waals surface area (Å²) >= 11 is 0. The van der Waals surface area contributed by atoms with E-state index in [1.54, 1.807) is 0 Å². The predicted octanol–water partition coefficient (Wildman–Crippen LogP) is 6.98. The monoisotopic (exact) mass is 459 g/mol. The van der Waals surface area contributed by atoms with Crippen molar-refractivity contribution in [3.63, 3.8) is 0 Å². The number of hydrogen-bond donors (Lipinski definition) is 0. The third-order valence-electron chi connectivity index (χ3n) is 7.85. The van der Waals surface area contributed by atoms with Gasteiger partial charge >= 0.3 is 7.12 Å². The van der Waals surface area contributed by atoms with Crippen LogP contribution in [0.25, 0.3) is 49.4 Å². The van der Waals surface area contributed by atoms with Gasteiger partial charge in [-0.05, 0) is 52.0 Å². The Balaban J connectivity index is 1.61. The molecule has 1 aliphatic rings. The zero-order valence-electron chi connectivity index (χ0n) is 20.3. The van der Waals surface area contributed by atoms with Crippen molar-refractivity contribution in [1.29, 1.82) is 0 Å². The lowest BCUT2D eigenvalue weighted by atomic mass is 9.77. The highest BCUT2D eigenvalue weighted by molar-refractivity contribution is 6.65. The Labute approximate surface area is 204 Å². The van der Waals surface area contributed by atoms with Gasteiger partial charge < -0.3 is 18.3 Å². The maximum Gasteiger partial charge on any atom is 0.497 e. The minimum Gasteiger partial charge on any atom is -0.456 e. The van der Waals surface area contributed by atoms with E-state index in [1.807, 2.05) is 18.2 Å². The Hall–Kier alpha value is -3.54. The van der Waals surface area contributed by atoms with Crippen molar-refractivity contribution >= 4 is 56.3 Å². The third kappa shape index (κ3) is 2.83. The van der Waals surface area contributed by atoms with Crippen molar-refractivity contribution in [3.05, 3.63) is 84.9 Å². The number of nitrogens with zero attached hydrogens (tertiary/aromatic N) is 1. The van der Waals surface area contributed by atoms with Gasteiger partial charge in [-0.3, -0.25) is 0 Å². The van der Waals surface area contributed by atoms with Crippen LogP contribution in [0, 0.1) is 0 Å². The molecular weight excluding hydrogens is 433 g/mol. The minimum atomic E-state index is -0.466. The molecule has 4 aromatic carbocycles. The Morgan fingerprint density at radius 3 is 2.06 bits per heavy atom. The molecule has 0 unspecified atom stereocenters. The molecule has 0 bridgehead atoms. The van der Waals surface area contributed by atoms with E-state index in [0.29, 0.717) is 0 Å². The lowest BCUT2D eigenvalue weighted by molar-refractivity contribution is 0.00578. The molecular formula is C30H26BNO3. The molecule has 172 valence electrons. The fourth-order valence-corrected chi connectivity index (χ4v) is 5.40. The summed E-state index contributed by atoms with van der Waals surface area (Å²) in [6.45, 7) is 8.39. The summed E-state index contributed by atoms with van der Waals surface area (Å²) in [6, 6.07) is 29.5. The smallest absolute Gasteiger partial charge is 0.456 e. The van der Waals surface area contributed by atoms with Crippen molar-refractivity contribution in [3.8, 4) is 5.69 Å². The highest BCUT2D eigenvalue weighted by atomic mass is 16.7. The number of aromatic nitrogens is 1. The molecule has 0 spiro atoms. The summed E-state index contributed by atoms with van der Waals surface area (Å²) in [5, 5.41) is 4.59. The van der Waals surface area contributed by atoms with Crippen LogP contribution in [0.15, 0.2) is 89.3 Å². The van der Waals surface area contributed by atoms with Crippen LogP contribution in [-0.2, 0) is 9.31 Å². The van der Waals surface area contributed by atoms with E-state index in [0.717, 1.165) is 44.1 Å². The van der Waals surface area contributed by atoms with Gasteiger partial charge in [0.25, 0.3) is 0 Å². The number of hydrogen-bond acceptors (Lipinski definition) is 3. The van der Waals surface area contributed by atoms with Crippen LogP contribution < -0.4 is 5.46 Å². The number of furan rings is 1. The van der Waals surface area contributed by atoms with Gasteiger partial charge in [-0.25, -0.2) is 0 Å². The van der Waals surface area contributed by atoms with E-state index in [1.165, 1.54) is 10.8 Å². The average Bonchev–Trinajstić information content (AvgIpc) is 3.45. The maximum absolute atomic E-state index is 6.53. The molecule has 35 heavy (non-hydrogen) atoms. The molecule has 5 heteroatoms. The van der Waals surface area contributed by atoms with Crippen LogP contribution in [0.4, 0.5) is 0 Å². The van der Waals surface area contributed by atoms with Crippen molar-refractivity contribution in [2.45, 2.75) is 38.9 Å². The average molecular weight is 459 g/mol. The normalized spacial score (nSPS) is 17.3. The highest BCUT2D eigenvalue weighted by Gasteiger charge is 2.52. The Morgan fingerprint density at radius 1 is 0.629 bits per heavy atom. The fourth-order valence-electron chi connectivity index (χ4n) is 5.40. The van der Waals surface area contributed by atoms with Crippen LogP contribution in [0.5, 0.6) is 0 Å². The first kappa shape index (κ1) is 20.8. The van der Waals surface area contributed by atoms with E-state index in [4.69, 9.17) is 13.7 Å². The first-order valence-electron chi connectivity index (χ1n) is 12.1. The van der Waals surface area contributed by atoms with Gasteiger partial charge in [0.15, 0.2) is 0 Å². The first-order chi connectivity index (χ1) is 16.9. The second-order valence-electron chi connectivity index (χ2n) is 10.4. The van der Waals surface area contributed by atoms with Crippen LogP contribution in [0.3, 0.4) is 0 Å². The molecule has 7 rings (SSSR count).